The van der Waals surface area contributed by atoms with Crippen LogP contribution in [0.2, 0.25) is 0 Å². The minimum absolute atomic E-state index is 0.188. The molecule has 0 fully saturated rings. The fraction of sp³-hybridized carbons (Fsp3) is 0.182. The van der Waals surface area contributed by atoms with Gasteiger partial charge in [0.1, 0.15) is 10.8 Å². The van der Waals surface area contributed by atoms with E-state index >= 15 is 0 Å². The topological polar surface area (TPSA) is 12.9 Å². The Kier molecular flexibility index (Phi) is 3.03. The third-order valence-corrected chi connectivity index (χ3v) is 3.38. The van der Waals surface area contributed by atoms with Gasteiger partial charge in [-0.2, -0.15) is 0 Å². The van der Waals surface area contributed by atoms with E-state index in [9.17, 15) is 4.39 Å². The third-order valence-electron chi connectivity index (χ3n) is 2.12. The van der Waals surface area contributed by atoms with Crippen LogP contribution in [0.5, 0.6) is 0 Å². The minimum Gasteiger partial charge on any atom is -0.240 e. The number of benzene rings is 1. The van der Waals surface area contributed by atoms with E-state index in [1.807, 2.05) is 5.38 Å². The van der Waals surface area contributed by atoms with E-state index in [1.165, 1.54) is 17.4 Å². The number of alkyl halides is 1. The summed E-state index contributed by atoms with van der Waals surface area (Å²) in [5, 5.41) is 2.82. The predicted octanol–water partition coefficient (Wildman–Crippen LogP) is 4.00. The normalized spacial score (nSPS) is 10.6. The summed E-state index contributed by atoms with van der Waals surface area (Å²) in [6, 6.07) is 4.99. The summed E-state index contributed by atoms with van der Waals surface area (Å²) in [4.78, 5) is 4.33. The van der Waals surface area contributed by atoms with Crippen LogP contribution in [0.25, 0.3) is 11.3 Å². The molecule has 1 aromatic heterocycles. The second-order valence-electron chi connectivity index (χ2n) is 3.22. The zero-order chi connectivity index (χ0) is 10.8. The van der Waals surface area contributed by atoms with Gasteiger partial charge < -0.3 is 0 Å². The number of hydrogen-bond acceptors (Lipinski definition) is 2. The highest BCUT2D eigenvalue weighted by Gasteiger charge is 2.05. The summed E-state index contributed by atoms with van der Waals surface area (Å²) in [6.07, 6.45) is 0. The van der Waals surface area contributed by atoms with Gasteiger partial charge in [0.2, 0.25) is 0 Å². The van der Waals surface area contributed by atoms with Crippen LogP contribution in [0.4, 0.5) is 4.39 Å². The molecule has 0 radical (unpaired) electrons. The van der Waals surface area contributed by atoms with Crippen molar-refractivity contribution in [1.82, 2.24) is 4.98 Å². The minimum atomic E-state index is -0.188. The van der Waals surface area contributed by atoms with E-state index in [4.69, 9.17) is 11.6 Å². The van der Waals surface area contributed by atoms with Crippen LogP contribution in [0, 0.1) is 12.7 Å². The van der Waals surface area contributed by atoms with Crippen molar-refractivity contribution in [3.05, 3.63) is 40.0 Å². The van der Waals surface area contributed by atoms with Gasteiger partial charge in [0, 0.05) is 10.9 Å². The van der Waals surface area contributed by atoms with E-state index in [-0.39, 0.29) is 5.82 Å². The van der Waals surface area contributed by atoms with Gasteiger partial charge in [-0.25, -0.2) is 9.37 Å². The third kappa shape index (κ3) is 2.19. The Hall–Kier alpha value is -0.930. The first-order valence-electron chi connectivity index (χ1n) is 4.47. The van der Waals surface area contributed by atoms with Crippen molar-refractivity contribution in [2.75, 3.05) is 0 Å². The molecule has 0 atom stereocenters. The van der Waals surface area contributed by atoms with E-state index < -0.39 is 0 Å². The summed E-state index contributed by atoms with van der Waals surface area (Å²) in [7, 11) is 0. The van der Waals surface area contributed by atoms with Crippen molar-refractivity contribution in [3.63, 3.8) is 0 Å². The highest BCUT2D eigenvalue weighted by Crippen LogP contribution is 2.24. The van der Waals surface area contributed by atoms with Gasteiger partial charge in [0.15, 0.2) is 0 Å². The Balaban J connectivity index is 2.40. The molecule has 0 N–H and O–H groups in total. The summed E-state index contributed by atoms with van der Waals surface area (Å²) >= 11 is 7.19. The maximum Gasteiger partial charge on any atom is 0.126 e. The highest BCUT2D eigenvalue weighted by molar-refractivity contribution is 7.10. The molecule has 0 saturated heterocycles. The summed E-state index contributed by atoms with van der Waals surface area (Å²) in [5.41, 5.74) is 2.42. The molecule has 1 nitrogen and oxygen atoms in total. The number of aryl methyl sites for hydroxylation is 1. The first kappa shape index (κ1) is 10.6. The van der Waals surface area contributed by atoms with E-state index in [1.54, 1.807) is 19.1 Å². The average Bonchev–Trinajstić information content (AvgIpc) is 2.70. The molecule has 2 rings (SSSR count). The van der Waals surface area contributed by atoms with E-state index in [2.05, 4.69) is 4.98 Å². The molecule has 0 amide bonds. The van der Waals surface area contributed by atoms with Gasteiger partial charge in [-0.05, 0) is 30.7 Å². The van der Waals surface area contributed by atoms with Gasteiger partial charge in [0.05, 0.1) is 11.6 Å². The van der Waals surface area contributed by atoms with Crippen LogP contribution < -0.4 is 0 Å². The smallest absolute Gasteiger partial charge is 0.126 e. The van der Waals surface area contributed by atoms with Crippen molar-refractivity contribution < 1.29 is 4.39 Å². The SMILES string of the molecule is Cc1cc(-c2csc(CCl)n2)ccc1F. The first-order chi connectivity index (χ1) is 7.20. The molecular formula is C11H9ClFNS. The van der Waals surface area contributed by atoms with Gasteiger partial charge in [0.25, 0.3) is 0 Å². The Morgan fingerprint density at radius 1 is 1.47 bits per heavy atom. The second kappa shape index (κ2) is 4.29. The molecule has 2 aromatic rings. The van der Waals surface area contributed by atoms with Crippen molar-refractivity contribution in [2.24, 2.45) is 0 Å². The van der Waals surface area contributed by atoms with Gasteiger partial charge >= 0.3 is 0 Å². The molecule has 0 aliphatic heterocycles. The number of aromatic nitrogens is 1. The number of thiazole rings is 1. The van der Waals surface area contributed by atoms with E-state index in [0.717, 1.165) is 16.3 Å². The largest absolute Gasteiger partial charge is 0.240 e. The van der Waals surface area contributed by atoms with Crippen LogP contribution in [0.1, 0.15) is 10.6 Å². The monoisotopic (exact) mass is 241 g/mol. The van der Waals surface area contributed by atoms with Crippen LogP contribution in [0.15, 0.2) is 23.6 Å². The van der Waals surface area contributed by atoms with Gasteiger partial charge in [-0.1, -0.05) is 0 Å². The molecule has 1 aromatic carbocycles. The maximum absolute atomic E-state index is 13.0. The Bertz CT molecular complexity index is 481. The van der Waals surface area contributed by atoms with Crippen LogP contribution in [-0.2, 0) is 5.88 Å². The molecule has 1 heterocycles. The fourth-order valence-electron chi connectivity index (χ4n) is 1.31. The molecule has 0 aliphatic carbocycles. The molecule has 15 heavy (non-hydrogen) atoms. The van der Waals surface area contributed by atoms with Crippen molar-refractivity contribution in [2.45, 2.75) is 12.8 Å². The Morgan fingerprint density at radius 3 is 2.87 bits per heavy atom. The zero-order valence-corrected chi connectivity index (χ0v) is 9.70. The van der Waals surface area contributed by atoms with Crippen molar-refractivity contribution in [1.29, 1.82) is 0 Å². The Morgan fingerprint density at radius 2 is 2.27 bits per heavy atom. The molecule has 0 saturated carbocycles. The number of rotatable bonds is 2. The molecule has 4 heteroatoms. The lowest BCUT2D eigenvalue weighted by Gasteiger charge is -1.99. The quantitative estimate of drug-likeness (QED) is 0.725. The second-order valence-corrected chi connectivity index (χ2v) is 4.43. The summed E-state index contributed by atoms with van der Waals surface area (Å²) < 4.78 is 13.0. The lowest BCUT2D eigenvalue weighted by molar-refractivity contribution is 0.619. The fourth-order valence-corrected chi connectivity index (χ4v) is 2.21. The van der Waals surface area contributed by atoms with Gasteiger partial charge in [-0.15, -0.1) is 22.9 Å². The van der Waals surface area contributed by atoms with Crippen LogP contribution in [0.3, 0.4) is 0 Å². The highest BCUT2D eigenvalue weighted by atomic mass is 35.5. The predicted molar refractivity (Wildman–Crippen MR) is 61.8 cm³/mol. The molecule has 0 spiro atoms. The standard InChI is InChI=1S/C11H9ClFNS/c1-7-4-8(2-3-9(7)13)10-6-15-11(5-12)14-10/h2-4,6H,5H2,1H3. The molecule has 0 unspecified atom stereocenters. The molecule has 78 valence electrons. The number of halogens is 2. The molecule has 0 bridgehead atoms. The van der Waals surface area contributed by atoms with Crippen LogP contribution in [-0.4, -0.2) is 4.98 Å². The average molecular weight is 242 g/mol. The molecular weight excluding hydrogens is 233 g/mol. The zero-order valence-electron chi connectivity index (χ0n) is 8.13. The molecule has 0 aliphatic rings. The van der Waals surface area contributed by atoms with Crippen molar-refractivity contribution >= 4 is 22.9 Å². The first-order valence-corrected chi connectivity index (χ1v) is 5.89. The Labute approximate surface area is 96.5 Å². The lowest BCUT2D eigenvalue weighted by atomic mass is 10.1. The summed E-state index contributed by atoms with van der Waals surface area (Å²) in [6.45, 7) is 1.74. The van der Waals surface area contributed by atoms with Crippen molar-refractivity contribution in [3.8, 4) is 11.3 Å². The summed E-state index contributed by atoms with van der Waals surface area (Å²) in [5.74, 6) is 0.233. The number of hydrogen-bond donors (Lipinski definition) is 0. The van der Waals surface area contributed by atoms with Gasteiger partial charge in [-0.3, -0.25) is 0 Å². The lowest BCUT2D eigenvalue weighted by Crippen LogP contribution is -1.85. The van der Waals surface area contributed by atoms with E-state index in [0.29, 0.717) is 11.4 Å². The number of nitrogens with zero attached hydrogens (tertiary/aromatic N) is 1. The van der Waals surface area contributed by atoms with Crippen LogP contribution >= 0.6 is 22.9 Å². The maximum atomic E-state index is 13.0.